The summed E-state index contributed by atoms with van der Waals surface area (Å²) in [7, 11) is 4.79. The molecule has 346 valence electrons. The number of carbonyl (C=O) groups is 7. The molecule has 0 spiro atoms. The van der Waals surface area contributed by atoms with E-state index in [4.69, 9.17) is 9.47 Å². The molecule has 3 rings (SSSR count). The third-order valence-electron chi connectivity index (χ3n) is 12.5. The highest BCUT2D eigenvalue weighted by molar-refractivity contribution is 6.12. The molecule has 7 atom stereocenters. The van der Waals surface area contributed by atoms with Crippen LogP contribution in [0.5, 0.6) is 0 Å². The number of nitrogens with zero attached hydrogens (tertiary/aromatic N) is 3. The molecule has 3 N–H and O–H groups in total. The van der Waals surface area contributed by atoms with Crippen LogP contribution in [0.1, 0.15) is 106 Å². The van der Waals surface area contributed by atoms with Gasteiger partial charge in [-0.25, -0.2) is 0 Å². The standard InChI is InChI=1S/C47H74N6O9/c1-11-32(4)42(36(61-9)30-40(57)52-29-19-22-35(52)43(62-10)33(5)44(58)48-27-26-34-20-15-12-13-16-21-34)51(8)45(59)41(31(2)3)49-46(60)47(6,7)50-37(54)23-17-14-18-28-53-38(55)24-25-39(53)56/h12-13,15-16,20-21,24-25,31-36,41-43H,11,14,17-19,22-23,26-30H2,1-10H3,(H,48,58)(H,49,60)(H,50,54)/t32-,33+,35-,36+,41-,42-,43+/m0/s1. The highest BCUT2D eigenvalue weighted by atomic mass is 16.5. The summed E-state index contributed by atoms with van der Waals surface area (Å²) in [4.78, 5) is 96.7. The zero-order valence-electron chi connectivity index (χ0n) is 38.8. The highest BCUT2D eigenvalue weighted by Gasteiger charge is 2.43. The third kappa shape index (κ3) is 14.5. The second kappa shape index (κ2) is 24.9. The number of ether oxygens (including phenoxy) is 2. The molecule has 0 aromatic rings. The lowest BCUT2D eigenvalue weighted by molar-refractivity contribution is -0.148. The normalized spacial score (nSPS) is 19.6. The molecule has 1 saturated heterocycles. The summed E-state index contributed by atoms with van der Waals surface area (Å²) in [5.74, 6) is -2.83. The van der Waals surface area contributed by atoms with Crippen LogP contribution in [-0.2, 0) is 43.0 Å². The SMILES string of the molecule is CC[C@H](C)[C@@H]([C@@H](CC(=O)N1CCC[C@H]1[C@H](OC)[C@@H](C)C(=O)NCCC1C=CC=CC=C1)OC)N(C)C(=O)[C@@H](NC(=O)C(C)(C)NC(=O)CCCCCN1C(=O)C=CC1=O)C(C)C. The highest BCUT2D eigenvalue weighted by Crippen LogP contribution is 2.30. The predicted octanol–water partition coefficient (Wildman–Crippen LogP) is 4.23. The molecule has 0 saturated carbocycles. The van der Waals surface area contributed by atoms with Gasteiger partial charge in [-0.3, -0.25) is 38.5 Å². The van der Waals surface area contributed by atoms with Crippen LogP contribution >= 0.6 is 0 Å². The Morgan fingerprint density at radius 1 is 0.919 bits per heavy atom. The minimum atomic E-state index is -1.34. The molecule has 1 fully saturated rings. The van der Waals surface area contributed by atoms with Gasteiger partial charge in [0.25, 0.3) is 11.8 Å². The van der Waals surface area contributed by atoms with E-state index in [9.17, 15) is 33.6 Å². The van der Waals surface area contributed by atoms with Crippen LogP contribution in [0.25, 0.3) is 0 Å². The van der Waals surface area contributed by atoms with Crippen molar-refractivity contribution in [1.82, 2.24) is 30.7 Å². The molecular weight excluding hydrogens is 793 g/mol. The van der Waals surface area contributed by atoms with Crippen LogP contribution in [0, 0.1) is 23.7 Å². The molecule has 0 bridgehead atoms. The average molecular weight is 867 g/mol. The van der Waals surface area contributed by atoms with Gasteiger partial charge in [0.15, 0.2) is 0 Å². The number of rotatable bonds is 25. The van der Waals surface area contributed by atoms with Crippen molar-refractivity contribution in [3.05, 3.63) is 48.6 Å². The maximum Gasteiger partial charge on any atom is 0.253 e. The van der Waals surface area contributed by atoms with Crippen molar-refractivity contribution in [2.24, 2.45) is 23.7 Å². The largest absolute Gasteiger partial charge is 0.379 e. The van der Waals surface area contributed by atoms with Gasteiger partial charge in [-0.05, 0) is 63.7 Å². The van der Waals surface area contributed by atoms with Gasteiger partial charge in [0.2, 0.25) is 29.5 Å². The molecular formula is C47H74N6O9. The maximum absolute atomic E-state index is 14.4. The van der Waals surface area contributed by atoms with Crippen molar-refractivity contribution >= 4 is 41.4 Å². The molecule has 62 heavy (non-hydrogen) atoms. The van der Waals surface area contributed by atoms with E-state index in [1.54, 1.807) is 37.8 Å². The van der Waals surface area contributed by atoms with E-state index in [1.807, 2.05) is 58.9 Å². The minimum absolute atomic E-state index is 0.00258. The van der Waals surface area contributed by atoms with E-state index in [1.165, 1.54) is 24.2 Å². The van der Waals surface area contributed by atoms with Crippen molar-refractivity contribution in [2.75, 3.05) is 40.9 Å². The van der Waals surface area contributed by atoms with Crippen molar-refractivity contribution in [3.8, 4) is 0 Å². The third-order valence-corrected chi connectivity index (χ3v) is 12.5. The van der Waals surface area contributed by atoms with Crippen molar-refractivity contribution in [3.63, 3.8) is 0 Å². The number of allylic oxidation sites excluding steroid dienone is 6. The number of imide groups is 1. The van der Waals surface area contributed by atoms with Crippen molar-refractivity contribution < 1.29 is 43.0 Å². The fraction of sp³-hybridized carbons (Fsp3) is 0.681. The summed E-state index contributed by atoms with van der Waals surface area (Å²) in [6.45, 7) is 14.0. The molecule has 15 nitrogen and oxygen atoms in total. The van der Waals surface area contributed by atoms with E-state index in [-0.39, 0.29) is 78.6 Å². The van der Waals surface area contributed by atoms with E-state index in [0.717, 1.165) is 12.8 Å². The topological polar surface area (TPSA) is 184 Å². The first-order chi connectivity index (χ1) is 29.4. The molecule has 2 heterocycles. The first kappa shape index (κ1) is 51.7. The number of carbonyl (C=O) groups excluding carboxylic acids is 7. The minimum Gasteiger partial charge on any atom is -0.379 e. The number of amides is 7. The molecule has 1 aliphatic carbocycles. The molecule has 15 heteroatoms. The lowest BCUT2D eigenvalue weighted by atomic mass is 9.89. The molecule has 0 aromatic heterocycles. The Labute approximate surface area is 369 Å². The molecule has 2 aliphatic heterocycles. The van der Waals surface area contributed by atoms with Gasteiger partial charge in [-0.2, -0.15) is 0 Å². The summed E-state index contributed by atoms with van der Waals surface area (Å²) in [5, 5.41) is 8.75. The Bertz CT molecular complexity index is 1650. The molecule has 0 unspecified atom stereocenters. The number of nitrogens with one attached hydrogen (secondary N) is 3. The summed E-state index contributed by atoms with van der Waals surface area (Å²) >= 11 is 0. The maximum atomic E-state index is 14.4. The second-order valence-electron chi connectivity index (χ2n) is 17.8. The molecule has 0 radical (unpaired) electrons. The van der Waals surface area contributed by atoms with Gasteiger partial charge in [-0.15, -0.1) is 0 Å². The first-order valence-electron chi connectivity index (χ1n) is 22.4. The van der Waals surface area contributed by atoms with Crippen LogP contribution in [0.4, 0.5) is 0 Å². The summed E-state index contributed by atoms with van der Waals surface area (Å²) in [5.41, 5.74) is -1.34. The number of methoxy groups -OCH3 is 2. The van der Waals surface area contributed by atoms with Crippen LogP contribution in [-0.4, -0.2) is 133 Å². The Morgan fingerprint density at radius 3 is 2.15 bits per heavy atom. The van der Waals surface area contributed by atoms with Crippen molar-refractivity contribution in [1.29, 1.82) is 0 Å². The van der Waals surface area contributed by atoms with Crippen LogP contribution in [0.3, 0.4) is 0 Å². The predicted molar refractivity (Wildman–Crippen MR) is 238 cm³/mol. The van der Waals surface area contributed by atoms with Gasteiger partial charge in [0, 0.05) is 59.5 Å². The number of likely N-dealkylation sites (N-methyl/N-ethyl adjacent to an activating group) is 1. The summed E-state index contributed by atoms with van der Waals surface area (Å²) in [6, 6.07) is -1.78. The Hall–Kier alpha value is -4.63. The van der Waals surface area contributed by atoms with E-state index in [2.05, 4.69) is 28.1 Å². The summed E-state index contributed by atoms with van der Waals surface area (Å²) in [6.07, 6.45) is 18.2. The molecule has 3 aliphatic rings. The van der Waals surface area contributed by atoms with Crippen molar-refractivity contribution in [2.45, 2.75) is 142 Å². The Kier molecular flexibility index (Phi) is 20.7. The first-order valence-corrected chi connectivity index (χ1v) is 22.4. The smallest absolute Gasteiger partial charge is 0.253 e. The van der Waals surface area contributed by atoms with Gasteiger partial charge in [0.05, 0.1) is 36.6 Å². The Balaban J connectivity index is 1.62. The molecule has 7 amide bonds. The second-order valence-corrected chi connectivity index (χ2v) is 17.8. The fourth-order valence-electron chi connectivity index (χ4n) is 8.53. The number of likely N-dealkylation sites (tertiary alicyclic amines) is 1. The zero-order chi connectivity index (χ0) is 46.1. The Morgan fingerprint density at radius 2 is 1.56 bits per heavy atom. The van der Waals surface area contributed by atoms with E-state index < -0.39 is 41.7 Å². The number of hydrogen-bond donors (Lipinski definition) is 3. The van der Waals surface area contributed by atoms with Crippen LogP contribution in [0.15, 0.2) is 48.6 Å². The zero-order valence-corrected chi connectivity index (χ0v) is 38.8. The fourth-order valence-corrected chi connectivity index (χ4v) is 8.53. The van der Waals surface area contributed by atoms with Gasteiger partial charge in [-0.1, -0.05) is 83.9 Å². The van der Waals surface area contributed by atoms with E-state index >= 15 is 0 Å². The van der Waals surface area contributed by atoms with Gasteiger partial charge in [0.1, 0.15) is 11.6 Å². The van der Waals surface area contributed by atoms with Crippen LogP contribution < -0.4 is 16.0 Å². The van der Waals surface area contributed by atoms with Gasteiger partial charge < -0.3 is 35.2 Å². The summed E-state index contributed by atoms with van der Waals surface area (Å²) < 4.78 is 12.0. The monoisotopic (exact) mass is 867 g/mol. The van der Waals surface area contributed by atoms with Crippen LogP contribution in [0.2, 0.25) is 0 Å². The quantitative estimate of drug-likeness (QED) is 0.0894. The number of hydrogen-bond acceptors (Lipinski definition) is 9. The lowest BCUT2D eigenvalue weighted by Gasteiger charge is -2.41. The number of unbranched alkanes of at least 4 members (excludes halogenated alkanes) is 2. The average Bonchev–Trinajstić information content (AvgIpc) is 3.74. The van der Waals surface area contributed by atoms with Gasteiger partial charge >= 0.3 is 0 Å². The lowest BCUT2D eigenvalue weighted by Crippen LogP contribution is -2.62. The molecule has 0 aromatic carbocycles. The van der Waals surface area contributed by atoms with E-state index in [0.29, 0.717) is 45.2 Å².